The number of ether oxygens (including phenoxy) is 1. The molecule has 0 aliphatic rings. The highest BCUT2D eigenvalue weighted by atomic mass is 16.5. The van der Waals surface area contributed by atoms with Crippen molar-refractivity contribution >= 4 is 5.91 Å². The summed E-state index contributed by atoms with van der Waals surface area (Å²) < 4.78 is 7.10. The van der Waals surface area contributed by atoms with Gasteiger partial charge in [-0.2, -0.15) is 0 Å². The number of carbonyl (C=O) groups is 1. The van der Waals surface area contributed by atoms with Gasteiger partial charge in [0.15, 0.2) is 0 Å². The second-order valence-electron chi connectivity index (χ2n) is 4.05. The molecule has 1 heterocycles. The quantitative estimate of drug-likeness (QED) is 0.446. The van der Waals surface area contributed by atoms with Gasteiger partial charge in [0.25, 0.3) is 5.91 Å². The Hall–Kier alpha value is -1.33. The van der Waals surface area contributed by atoms with Gasteiger partial charge in [-0.1, -0.05) is 6.92 Å². The second kappa shape index (κ2) is 6.42. The van der Waals surface area contributed by atoms with Crippen molar-refractivity contribution in [3.8, 4) is 0 Å². The van der Waals surface area contributed by atoms with Gasteiger partial charge >= 0.3 is 0 Å². The van der Waals surface area contributed by atoms with Crippen molar-refractivity contribution in [3.63, 3.8) is 0 Å². The molecule has 1 aromatic rings. The average Bonchev–Trinajstić information content (AvgIpc) is 2.78. The normalized spacial score (nSPS) is 12.5. The van der Waals surface area contributed by atoms with E-state index in [1.54, 1.807) is 13.2 Å². The zero-order valence-electron chi connectivity index (χ0n) is 10.7. The number of aromatic nitrogens is 1. The largest absolute Gasteiger partial charge is 0.384 e. The maximum Gasteiger partial charge on any atom is 0.281 e. The zero-order chi connectivity index (χ0) is 12.8. The monoisotopic (exact) mass is 239 g/mol. The van der Waals surface area contributed by atoms with E-state index in [-0.39, 0.29) is 11.9 Å². The molecule has 0 saturated carbocycles. The summed E-state index contributed by atoms with van der Waals surface area (Å²) in [5.74, 6) is 4.93. The molecule has 0 aliphatic heterocycles. The van der Waals surface area contributed by atoms with Gasteiger partial charge in [0.1, 0.15) is 5.69 Å². The van der Waals surface area contributed by atoms with Crippen LogP contribution >= 0.6 is 0 Å². The summed E-state index contributed by atoms with van der Waals surface area (Å²) in [6.45, 7) is 4.82. The predicted octanol–water partition coefficient (Wildman–Crippen LogP) is 1.25. The van der Waals surface area contributed by atoms with Crippen LogP contribution in [0.15, 0.2) is 12.1 Å². The Morgan fingerprint density at radius 1 is 1.59 bits per heavy atom. The molecule has 1 amide bonds. The zero-order valence-corrected chi connectivity index (χ0v) is 10.7. The first-order valence-corrected chi connectivity index (χ1v) is 5.85. The highest BCUT2D eigenvalue weighted by Crippen LogP contribution is 2.19. The van der Waals surface area contributed by atoms with Crippen molar-refractivity contribution in [2.45, 2.75) is 32.7 Å². The molecule has 96 valence electrons. The van der Waals surface area contributed by atoms with E-state index in [1.807, 2.05) is 10.6 Å². The molecule has 5 heteroatoms. The van der Waals surface area contributed by atoms with Crippen molar-refractivity contribution in [2.75, 3.05) is 13.7 Å². The first-order valence-electron chi connectivity index (χ1n) is 5.85. The lowest BCUT2D eigenvalue weighted by atomic mass is 10.2. The summed E-state index contributed by atoms with van der Waals surface area (Å²) in [6, 6.07) is 4.03. The Kier molecular flexibility index (Phi) is 5.18. The van der Waals surface area contributed by atoms with E-state index in [4.69, 9.17) is 10.6 Å². The highest BCUT2D eigenvalue weighted by molar-refractivity contribution is 5.92. The highest BCUT2D eigenvalue weighted by Gasteiger charge is 2.17. The maximum absolute atomic E-state index is 11.7. The van der Waals surface area contributed by atoms with Crippen LogP contribution < -0.4 is 11.3 Å². The van der Waals surface area contributed by atoms with Crippen molar-refractivity contribution in [1.82, 2.24) is 9.99 Å². The summed E-state index contributed by atoms with van der Waals surface area (Å²) in [4.78, 5) is 11.7. The number of nitrogens with two attached hydrogens (primary N) is 1. The fourth-order valence-corrected chi connectivity index (χ4v) is 1.86. The lowest BCUT2D eigenvalue weighted by Gasteiger charge is -2.18. The number of hydrogen-bond donors (Lipinski definition) is 2. The van der Waals surface area contributed by atoms with Gasteiger partial charge in [-0.05, 0) is 25.5 Å². The summed E-state index contributed by atoms with van der Waals surface area (Å²) in [5.41, 5.74) is 3.88. The summed E-state index contributed by atoms with van der Waals surface area (Å²) in [7, 11) is 1.67. The number of nitrogens with one attached hydrogen (secondary N) is 1. The molecular weight excluding hydrogens is 218 g/mol. The van der Waals surface area contributed by atoms with Crippen LogP contribution in [0.25, 0.3) is 0 Å². The third-order valence-electron chi connectivity index (χ3n) is 2.96. The van der Waals surface area contributed by atoms with Crippen molar-refractivity contribution < 1.29 is 9.53 Å². The molecular formula is C12H21N3O2. The van der Waals surface area contributed by atoms with E-state index >= 15 is 0 Å². The van der Waals surface area contributed by atoms with Crippen molar-refractivity contribution in [1.29, 1.82) is 0 Å². The first kappa shape index (κ1) is 13.7. The van der Waals surface area contributed by atoms with E-state index in [0.717, 1.165) is 18.5 Å². The minimum atomic E-state index is -0.256. The number of amides is 1. The Bertz CT molecular complexity index is 374. The Labute approximate surface area is 102 Å². The van der Waals surface area contributed by atoms with Crippen LogP contribution in [-0.2, 0) is 11.2 Å². The molecule has 1 atom stereocenters. The maximum atomic E-state index is 11.7. The number of hydrazine groups is 1. The molecule has 5 nitrogen and oxygen atoms in total. The van der Waals surface area contributed by atoms with E-state index < -0.39 is 0 Å². The number of methoxy groups -OCH3 is 1. The van der Waals surface area contributed by atoms with Gasteiger partial charge in [-0.25, -0.2) is 5.84 Å². The number of carbonyl (C=O) groups excluding carboxylic acids is 1. The molecule has 1 rings (SSSR count). The molecule has 3 N–H and O–H groups in total. The molecule has 0 aromatic carbocycles. The van der Waals surface area contributed by atoms with Crippen LogP contribution in [-0.4, -0.2) is 24.2 Å². The van der Waals surface area contributed by atoms with Gasteiger partial charge in [-0.15, -0.1) is 0 Å². The molecule has 0 aliphatic carbocycles. The summed E-state index contributed by atoms with van der Waals surface area (Å²) in [6.07, 6.45) is 1.75. The minimum absolute atomic E-state index is 0.256. The lowest BCUT2D eigenvalue weighted by Crippen LogP contribution is -2.32. The molecule has 0 fully saturated rings. The number of rotatable bonds is 6. The molecule has 0 spiro atoms. The van der Waals surface area contributed by atoms with Crippen LogP contribution in [0.3, 0.4) is 0 Å². The van der Waals surface area contributed by atoms with Gasteiger partial charge in [0, 0.05) is 25.3 Å². The number of hydrogen-bond acceptors (Lipinski definition) is 3. The number of nitrogen functional groups attached to an aromatic ring is 1. The SMILES string of the molecule is CC[C@H](C)n1c(CCOC)ccc1C(=O)NN. The third-order valence-corrected chi connectivity index (χ3v) is 2.96. The van der Waals surface area contributed by atoms with Gasteiger partial charge in [0.05, 0.1) is 6.61 Å². The Morgan fingerprint density at radius 2 is 2.29 bits per heavy atom. The summed E-state index contributed by atoms with van der Waals surface area (Å²) in [5, 5.41) is 0. The van der Waals surface area contributed by atoms with E-state index in [2.05, 4.69) is 19.3 Å². The fraction of sp³-hybridized carbons (Fsp3) is 0.583. The Balaban J connectivity index is 3.05. The van der Waals surface area contributed by atoms with Crippen LogP contribution in [0.5, 0.6) is 0 Å². The van der Waals surface area contributed by atoms with Crippen molar-refractivity contribution in [3.05, 3.63) is 23.5 Å². The topological polar surface area (TPSA) is 69.3 Å². The van der Waals surface area contributed by atoms with E-state index in [9.17, 15) is 4.79 Å². The predicted molar refractivity (Wildman–Crippen MR) is 66.7 cm³/mol. The first-order chi connectivity index (χ1) is 8.15. The molecule has 0 unspecified atom stereocenters. The van der Waals surface area contributed by atoms with E-state index in [0.29, 0.717) is 12.3 Å². The van der Waals surface area contributed by atoms with Gasteiger partial charge < -0.3 is 9.30 Å². The van der Waals surface area contributed by atoms with Crippen molar-refractivity contribution in [2.24, 2.45) is 5.84 Å². The van der Waals surface area contributed by atoms with Crippen LogP contribution in [0.4, 0.5) is 0 Å². The third kappa shape index (κ3) is 3.08. The standard InChI is InChI=1S/C12H21N3O2/c1-4-9(2)15-10(7-8-17-3)5-6-11(15)12(16)14-13/h5-6,9H,4,7-8,13H2,1-3H3,(H,14,16)/t9-/m0/s1. The van der Waals surface area contributed by atoms with Crippen LogP contribution in [0.2, 0.25) is 0 Å². The summed E-state index contributed by atoms with van der Waals surface area (Å²) >= 11 is 0. The Morgan fingerprint density at radius 3 is 2.82 bits per heavy atom. The van der Waals surface area contributed by atoms with Gasteiger partial charge in [-0.3, -0.25) is 10.2 Å². The molecule has 0 radical (unpaired) electrons. The van der Waals surface area contributed by atoms with E-state index in [1.165, 1.54) is 0 Å². The molecule has 0 saturated heterocycles. The lowest BCUT2D eigenvalue weighted by molar-refractivity contribution is 0.0941. The van der Waals surface area contributed by atoms with Crippen LogP contribution in [0.1, 0.15) is 42.5 Å². The van der Waals surface area contributed by atoms with Gasteiger partial charge in [0.2, 0.25) is 0 Å². The van der Waals surface area contributed by atoms with Crippen LogP contribution in [0, 0.1) is 0 Å². The second-order valence-corrected chi connectivity index (χ2v) is 4.05. The fourth-order valence-electron chi connectivity index (χ4n) is 1.86. The average molecular weight is 239 g/mol. The smallest absolute Gasteiger partial charge is 0.281 e. The number of nitrogens with zero attached hydrogens (tertiary/aromatic N) is 1. The molecule has 1 aromatic heterocycles. The molecule has 0 bridgehead atoms. The minimum Gasteiger partial charge on any atom is -0.384 e. The molecule has 17 heavy (non-hydrogen) atoms.